The van der Waals surface area contributed by atoms with Crippen LogP contribution in [0.15, 0.2) is 12.1 Å². The van der Waals surface area contributed by atoms with Gasteiger partial charge >= 0.3 is 0 Å². The topological polar surface area (TPSA) is 55.1 Å². The van der Waals surface area contributed by atoms with Gasteiger partial charge in [0, 0.05) is 6.04 Å². The number of anilines is 1. The van der Waals surface area contributed by atoms with Crippen LogP contribution in [-0.2, 0) is 0 Å². The number of halogens is 2. The molecule has 1 aliphatic rings. The molecule has 20 heavy (non-hydrogen) atoms. The molecule has 1 aromatic carbocycles. The van der Waals surface area contributed by atoms with Gasteiger partial charge < -0.3 is 11.1 Å². The Bertz CT molecular complexity index is 505. The number of nitrogen functional groups attached to an aromatic ring is 1. The van der Waals surface area contributed by atoms with Gasteiger partial charge in [-0.15, -0.1) is 0 Å². The lowest BCUT2D eigenvalue weighted by atomic mass is 9.96. The van der Waals surface area contributed by atoms with Gasteiger partial charge in [0.1, 0.15) is 11.4 Å². The quantitative estimate of drug-likeness (QED) is 0.646. The molecule has 2 rings (SSSR count). The molecule has 0 aliphatic heterocycles. The lowest BCUT2D eigenvalue weighted by Crippen LogP contribution is -2.39. The van der Waals surface area contributed by atoms with Crippen molar-refractivity contribution >= 4 is 11.6 Å². The summed E-state index contributed by atoms with van der Waals surface area (Å²) in [4.78, 5) is 12.1. The van der Waals surface area contributed by atoms with Crippen LogP contribution in [0.2, 0.25) is 0 Å². The number of nitrogens with two attached hydrogens (primary N) is 1. The summed E-state index contributed by atoms with van der Waals surface area (Å²) in [5.41, 5.74) is 4.59. The summed E-state index contributed by atoms with van der Waals surface area (Å²) >= 11 is 0. The highest BCUT2D eigenvalue weighted by atomic mass is 19.1. The van der Waals surface area contributed by atoms with Crippen molar-refractivity contribution in [3.63, 3.8) is 0 Å². The zero-order valence-corrected chi connectivity index (χ0v) is 11.6. The summed E-state index contributed by atoms with van der Waals surface area (Å²) in [6.07, 6.45) is 5.16. The van der Waals surface area contributed by atoms with E-state index in [0.29, 0.717) is 5.92 Å². The Morgan fingerprint density at radius 2 is 1.95 bits per heavy atom. The predicted molar refractivity (Wildman–Crippen MR) is 74.3 cm³/mol. The van der Waals surface area contributed by atoms with E-state index in [4.69, 9.17) is 5.73 Å². The molecule has 0 radical (unpaired) electrons. The number of benzene rings is 1. The maximum atomic E-state index is 13.8. The molecule has 1 amide bonds. The van der Waals surface area contributed by atoms with Crippen LogP contribution in [0.3, 0.4) is 0 Å². The molecule has 1 fully saturated rings. The van der Waals surface area contributed by atoms with E-state index in [2.05, 4.69) is 12.2 Å². The van der Waals surface area contributed by atoms with E-state index in [1.54, 1.807) is 0 Å². The van der Waals surface area contributed by atoms with Gasteiger partial charge in [0.05, 0.1) is 5.69 Å². The lowest BCUT2D eigenvalue weighted by Gasteiger charge is -2.23. The Kier molecular flexibility index (Phi) is 4.57. The number of carbonyl (C=O) groups excluding carboxylic acids is 1. The normalized spacial score (nSPS) is 23.1. The third-order valence-corrected chi connectivity index (χ3v) is 4.03. The third-order valence-electron chi connectivity index (χ3n) is 4.03. The van der Waals surface area contributed by atoms with E-state index >= 15 is 0 Å². The van der Waals surface area contributed by atoms with Crippen molar-refractivity contribution in [2.24, 2.45) is 5.92 Å². The predicted octanol–water partition coefficient (Wildman–Crippen LogP) is 3.25. The first-order valence-electron chi connectivity index (χ1n) is 7.05. The SMILES string of the molecule is CC1CCCCCC1NC(=O)c1c(F)ccc(N)c1F. The third kappa shape index (κ3) is 3.08. The van der Waals surface area contributed by atoms with E-state index in [1.807, 2.05) is 0 Å². The molecule has 5 heteroatoms. The fourth-order valence-corrected chi connectivity index (χ4v) is 2.72. The van der Waals surface area contributed by atoms with Crippen molar-refractivity contribution in [2.45, 2.75) is 45.1 Å². The van der Waals surface area contributed by atoms with E-state index < -0.39 is 23.1 Å². The molecule has 2 unspecified atom stereocenters. The van der Waals surface area contributed by atoms with E-state index in [1.165, 1.54) is 0 Å². The Balaban J connectivity index is 2.17. The van der Waals surface area contributed by atoms with Crippen LogP contribution in [0, 0.1) is 17.6 Å². The van der Waals surface area contributed by atoms with Crippen molar-refractivity contribution < 1.29 is 13.6 Å². The zero-order valence-electron chi connectivity index (χ0n) is 11.6. The number of hydrogen-bond acceptors (Lipinski definition) is 2. The van der Waals surface area contributed by atoms with Crippen LogP contribution in [0.5, 0.6) is 0 Å². The Morgan fingerprint density at radius 1 is 1.25 bits per heavy atom. The molecule has 0 aromatic heterocycles. The minimum Gasteiger partial charge on any atom is -0.396 e. The van der Waals surface area contributed by atoms with Crippen molar-refractivity contribution in [3.05, 3.63) is 29.3 Å². The Labute approximate surface area is 117 Å². The van der Waals surface area contributed by atoms with Crippen molar-refractivity contribution in [1.82, 2.24) is 5.32 Å². The van der Waals surface area contributed by atoms with E-state index in [0.717, 1.165) is 44.2 Å². The van der Waals surface area contributed by atoms with Crippen LogP contribution >= 0.6 is 0 Å². The Hall–Kier alpha value is -1.65. The largest absolute Gasteiger partial charge is 0.396 e. The summed E-state index contributed by atoms with van der Waals surface area (Å²) in [6.45, 7) is 2.06. The second kappa shape index (κ2) is 6.20. The van der Waals surface area contributed by atoms with Gasteiger partial charge in [0.25, 0.3) is 5.91 Å². The zero-order chi connectivity index (χ0) is 14.7. The highest BCUT2D eigenvalue weighted by Gasteiger charge is 2.25. The van der Waals surface area contributed by atoms with Crippen LogP contribution in [0.4, 0.5) is 14.5 Å². The molecule has 0 saturated heterocycles. The summed E-state index contributed by atoms with van der Waals surface area (Å²) in [5.74, 6) is -2.26. The first kappa shape index (κ1) is 14.8. The molecule has 0 bridgehead atoms. The fourth-order valence-electron chi connectivity index (χ4n) is 2.72. The molecule has 0 heterocycles. The average Bonchev–Trinajstić information content (AvgIpc) is 2.60. The van der Waals surface area contributed by atoms with Crippen LogP contribution < -0.4 is 11.1 Å². The van der Waals surface area contributed by atoms with Crippen LogP contribution in [-0.4, -0.2) is 11.9 Å². The summed E-state index contributed by atoms with van der Waals surface area (Å²) in [7, 11) is 0. The lowest BCUT2D eigenvalue weighted by molar-refractivity contribution is 0.0913. The molecule has 110 valence electrons. The smallest absolute Gasteiger partial charge is 0.257 e. The molecule has 3 nitrogen and oxygen atoms in total. The van der Waals surface area contributed by atoms with Crippen molar-refractivity contribution in [1.29, 1.82) is 0 Å². The summed E-state index contributed by atoms with van der Waals surface area (Å²) in [6, 6.07) is 2.10. The minimum absolute atomic E-state index is 0.0368. The molecular formula is C15H20F2N2O. The Morgan fingerprint density at radius 3 is 2.70 bits per heavy atom. The molecule has 2 atom stereocenters. The standard InChI is InChI=1S/C15H20F2N2O/c1-9-5-3-2-4-6-12(9)19-15(20)13-10(16)7-8-11(18)14(13)17/h7-9,12H,2-6,18H2,1H3,(H,19,20). The van der Waals surface area contributed by atoms with Crippen LogP contribution in [0.25, 0.3) is 0 Å². The fraction of sp³-hybridized carbons (Fsp3) is 0.533. The maximum absolute atomic E-state index is 13.8. The highest BCUT2D eigenvalue weighted by molar-refractivity contribution is 5.95. The number of carbonyl (C=O) groups is 1. The maximum Gasteiger partial charge on any atom is 0.257 e. The van der Waals surface area contributed by atoms with Gasteiger partial charge in [-0.1, -0.05) is 26.2 Å². The minimum atomic E-state index is -0.983. The molecule has 1 aromatic rings. The molecular weight excluding hydrogens is 262 g/mol. The van der Waals surface area contributed by atoms with Crippen molar-refractivity contribution in [2.75, 3.05) is 5.73 Å². The highest BCUT2D eigenvalue weighted by Crippen LogP contribution is 2.24. The van der Waals surface area contributed by atoms with Gasteiger partial charge in [0.15, 0.2) is 5.82 Å². The molecule has 1 saturated carbocycles. The number of nitrogens with one attached hydrogen (secondary N) is 1. The van der Waals surface area contributed by atoms with E-state index in [9.17, 15) is 13.6 Å². The second-order valence-electron chi connectivity index (χ2n) is 5.52. The van der Waals surface area contributed by atoms with Gasteiger partial charge in [-0.2, -0.15) is 0 Å². The molecule has 0 spiro atoms. The van der Waals surface area contributed by atoms with Gasteiger partial charge in [-0.05, 0) is 30.9 Å². The average molecular weight is 282 g/mol. The first-order valence-corrected chi connectivity index (χ1v) is 7.05. The first-order chi connectivity index (χ1) is 9.50. The second-order valence-corrected chi connectivity index (χ2v) is 5.52. The van der Waals surface area contributed by atoms with Crippen LogP contribution in [0.1, 0.15) is 49.4 Å². The molecule has 1 aliphatic carbocycles. The number of hydrogen-bond donors (Lipinski definition) is 2. The number of rotatable bonds is 2. The van der Waals surface area contributed by atoms with Gasteiger partial charge in [-0.3, -0.25) is 4.79 Å². The summed E-state index contributed by atoms with van der Waals surface area (Å²) < 4.78 is 27.5. The van der Waals surface area contributed by atoms with Gasteiger partial charge in [0.2, 0.25) is 0 Å². The van der Waals surface area contributed by atoms with E-state index in [-0.39, 0.29) is 11.7 Å². The molecule has 3 N–H and O–H groups in total. The van der Waals surface area contributed by atoms with Gasteiger partial charge in [-0.25, -0.2) is 8.78 Å². The monoisotopic (exact) mass is 282 g/mol. The van der Waals surface area contributed by atoms with Crippen molar-refractivity contribution in [3.8, 4) is 0 Å². The summed E-state index contributed by atoms with van der Waals surface area (Å²) in [5, 5.41) is 2.76. The number of amides is 1.